The van der Waals surface area contributed by atoms with Crippen LogP contribution in [0.4, 0.5) is 5.69 Å². The molecule has 1 N–H and O–H groups in total. The molecule has 0 fully saturated rings. The van der Waals surface area contributed by atoms with Gasteiger partial charge in [0.25, 0.3) is 5.56 Å². The minimum absolute atomic E-state index is 0.203. The highest BCUT2D eigenvalue weighted by molar-refractivity contribution is 6.42. The summed E-state index contributed by atoms with van der Waals surface area (Å²) in [6.07, 6.45) is 0. The Labute approximate surface area is 189 Å². The number of aromatic amines is 1. The number of benzene rings is 3. The predicted octanol–water partition coefficient (Wildman–Crippen LogP) is 6.29. The summed E-state index contributed by atoms with van der Waals surface area (Å²) in [7, 11) is 1.60. The summed E-state index contributed by atoms with van der Waals surface area (Å²) in [6, 6.07) is 22.0. The van der Waals surface area contributed by atoms with Gasteiger partial charge >= 0.3 is 0 Å². The maximum Gasteiger partial charge on any atom is 0.280 e. The van der Waals surface area contributed by atoms with Crippen molar-refractivity contribution >= 4 is 34.6 Å². The molecule has 31 heavy (non-hydrogen) atoms. The van der Waals surface area contributed by atoms with Gasteiger partial charge in [0.2, 0.25) is 0 Å². The Morgan fingerprint density at radius 3 is 2.32 bits per heavy atom. The monoisotopic (exact) mass is 451 g/mol. The van der Waals surface area contributed by atoms with Crippen LogP contribution in [0, 0.1) is 0 Å². The van der Waals surface area contributed by atoms with Crippen LogP contribution in [0.3, 0.4) is 0 Å². The fraction of sp³-hybridized carbons (Fsp3) is 0.0833. The lowest BCUT2D eigenvalue weighted by Gasteiger charge is -2.04. The van der Waals surface area contributed by atoms with Crippen molar-refractivity contribution in [3.05, 3.63) is 98.8 Å². The predicted molar refractivity (Wildman–Crippen MR) is 127 cm³/mol. The zero-order chi connectivity index (χ0) is 22.0. The molecule has 0 saturated carbocycles. The summed E-state index contributed by atoms with van der Waals surface area (Å²) >= 11 is 12.1. The van der Waals surface area contributed by atoms with Crippen molar-refractivity contribution in [1.82, 2.24) is 9.78 Å². The Kier molecular flexibility index (Phi) is 5.98. The molecule has 5 nitrogen and oxygen atoms in total. The van der Waals surface area contributed by atoms with Gasteiger partial charge in [0, 0.05) is 5.56 Å². The Bertz CT molecular complexity index is 1310. The molecule has 0 amide bonds. The van der Waals surface area contributed by atoms with Crippen molar-refractivity contribution in [1.29, 1.82) is 0 Å². The number of hydrogen-bond donors (Lipinski definition) is 1. The second-order valence-corrected chi connectivity index (χ2v) is 7.68. The van der Waals surface area contributed by atoms with E-state index in [1.165, 1.54) is 4.68 Å². The molecular formula is C24H19Cl2N3O2. The fourth-order valence-electron chi connectivity index (χ4n) is 3.30. The standard InChI is InChI=1S/C24H19Cl2N3O2/c1-15(27-17-8-13-20(25)21(26)14-17)22-23(16-6-4-3-5-7-16)28-29(24(22)30)18-9-11-19(31-2)12-10-18/h3-14,28H,1-2H3. The van der Waals surface area contributed by atoms with Gasteiger partial charge in [-0.1, -0.05) is 53.5 Å². The third-order valence-corrected chi connectivity index (χ3v) is 5.58. The SMILES string of the molecule is COc1ccc(-n2[nH]c(-c3ccccc3)c(C(C)=Nc3ccc(Cl)c(Cl)c3)c2=O)cc1. The first-order valence-electron chi connectivity index (χ1n) is 9.53. The molecule has 3 aromatic carbocycles. The second kappa shape index (κ2) is 8.84. The van der Waals surface area contributed by atoms with E-state index in [-0.39, 0.29) is 5.56 Å². The number of methoxy groups -OCH3 is 1. The van der Waals surface area contributed by atoms with Crippen molar-refractivity contribution < 1.29 is 4.74 Å². The topological polar surface area (TPSA) is 59.4 Å². The van der Waals surface area contributed by atoms with E-state index in [1.807, 2.05) is 42.5 Å². The van der Waals surface area contributed by atoms with E-state index in [0.29, 0.717) is 44.1 Å². The molecule has 4 aromatic rings. The van der Waals surface area contributed by atoms with E-state index in [0.717, 1.165) is 5.56 Å². The van der Waals surface area contributed by atoms with Crippen LogP contribution < -0.4 is 10.3 Å². The number of nitrogens with one attached hydrogen (secondary N) is 1. The summed E-state index contributed by atoms with van der Waals surface area (Å²) in [5, 5.41) is 4.10. The Morgan fingerprint density at radius 1 is 0.968 bits per heavy atom. The van der Waals surface area contributed by atoms with E-state index in [9.17, 15) is 4.79 Å². The Hall–Kier alpha value is -3.28. The highest BCUT2D eigenvalue weighted by Crippen LogP contribution is 2.28. The Balaban J connectivity index is 1.88. The first-order valence-corrected chi connectivity index (χ1v) is 10.3. The first-order chi connectivity index (χ1) is 15.0. The summed E-state index contributed by atoms with van der Waals surface area (Å²) in [5.41, 5.74) is 3.71. The van der Waals surface area contributed by atoms with Crippen molar-refractivity contribution in [3.8, 4) is 22.7 Å². The highest BCUT2D eigenvalue weighted by atomic mass is 35.5. The molecule has 0 radical (unpaired) electrons. The second-order valence-electron chi connectivity index (χ2n) is 6.86. The normalized spacial score (nSPS) is 11.5. The van der Waals surface area contributed by atoms with Gasteiger partial charge in [0.15, 0.2) is 0 Å². The lowest BCUT2D eigenvalue weighted by Crippen LogP contribution is -2.19. The van der Waals surface area contributed by atoms with Crippen LogP contribution >= 0.6 is 23.2 Å². The molecule has 0 atom stereocenters. The van der Waals surface area contributed by atoms with Gasteiger partial charge in [-0.25, -0.2) is 4.68 Å². The zero-order valence-electron chi connectivity index (χ0n) is 16.9. The van der Waals surface area contributed by atoms with Gasteiger partial charge in [0.05, 0.1) is 45.5 Å². The van der Waals surface area contributed by atoms with Gasteiger partial charge < -0.3 is 4.74 Å². The van der Waals surface area contributed by atoms with Gasteiger partial charge in [-0.3, -0.25) is 14.9 Å². The maximum absolute atomic E-state index is 13.4. The molecule has 0 aliphatic carbocycles. The van der Waals surface area contributed by atoms with Crippen LogP contribution in [0.25, 0.3) is 16.9 Å². The molecule has 0 unspecified atom stereocenters. The van der Waals surface area contributed by atoms with E-state index < -0.39 is 0 Å². The molecule has 0 aliphatic heterocycles. The summed E-state index contributed by atoms with van der Waals surface area (Å²) < 4.78 is 6.72. The number of aliphatic imine (C=N–C) groups is 1. The van der Waals surface area contributed by atoms with Crippen molar-refractivity contribution in [2.24, 2.45) is 4.99 Å². The quantitative estimate of drug-likeness (QED) is 0.362. The molecule has 7 heteroatoms. The van der Waals surface area contributed by atoms with Crippen molar-refractivity contribution in [3.63, 3.8) is 0 Å². The van der Waals surface area contributed by atoms with Crippen LogP contribution in [0.15, 0.2) is 82.6 Å². The average Bonchev–Trinajstić information content (AvgIpc) is 3.14. The number of nitrogens with zero attached hydrogens (tertiary/aromatic N) is 2. The smallest absolute Gasteiger partial charge is 0.280 e. The highest BCUT2D eigenvalue weighted by Gasteiger charge is 2.19. The van der Waals surface area contributed by atoms with Crippen LogP contribution in [-0.4, -0.2) is 22.6 Å². The van der Waals surface area contributed by atoms with E-state index in [1.54, 1.807) is 44.4 Å². The average molecular weight is 452 g/mol. The number of ether oxygens (including phenoxy) is 1. The van der Waals surface area contributed by atoms with E-state index in [2.05, 4.69) is 10.1 Å². The molecular weight excluding hydrogens is 433 g/mol. The molecule has 4 rings (SSSR count). The Morgan fingerprint density at radius 2 is 1.68 bits per heavy atom. The molecule has 0 bridgehead atoms. The molecule has 1 aromatic heterocycles. The fourth-order valence-corrected chi connectivity index (χ4v) is 3.60. The number of halogens is 2. The van der Waals surface area contributed by atoms with Crippen LogP contribution in [-0.2, 0) is 0 Å². The van der Waals surface area contributed by atoms with Crippen LogP contribution in [0.1, 0.15) is 12.5 Å². The number of hydrogen-bond acceptors (Lipinski definition) is 3. The largest absolute Gasteiger partial charge is 0.497 e. The number of aromatic nitrogens is 2. The maximum atomic E-state index is 13.4. The summed E-state index contributed by atoms with van der Waals surface area (Å²) in [4.78, 5) is 18.1. The molecule has 0 aliphatic rings. The van der Waals surface area contributed by atoms with Gasteiger partial charge in [-0.2, -0.15) is 0 Å². The summed E-state index contributed by atoms with van der Waals surface area (Å²) in [6.45, 7) is 1.80. The minimum Gasteiger partial charge on any atom is -0.497 e. The lowest BCUT2D eigenvalue weighted by atomic mass is 10.1. The van der Waals surface area contributed by atoms with Crippen molar-refractivity contribution in [2.75, 3.05) is 7.11 Å². The number of rotatable bonds is 5. The van der Waals surface area contributed by atoms with E-state index >= 15 is 0 Å². The molecule has 0 saturated heterocycles. The van der Waals surface area contributed by atoms with E-state index in [4.69, 9.17) is 27.9 Å². The van der Waals surface area contributed by atoms with Gasteiger partial charge in [-0.15, -0.1) is 0 Å². The van der Waals surface area contributed by atoms with Crippen LogP contribution in [0.2, 0.25) is 10.0 Å². The van der Waals surface area contributed by atoms with Crippen molar-refractivity contribution in [2.45, 2.75) is 6.92 Å². The van der Waals surface area contributed by atoms with Crippen LogP contribution in [0.5, 0.6) is 5.75 Å². The summed E-state index contributed by atoms with van der Waals surface area (Å²) in [5.74, 6) is 0.712. The first kappa shape index (κ1) is 21.0. The molecule has 0 spiro atoms. The van der Waals surface area contributed by atoms with Gasteiger partial charge in [0.1, 0.15) is 5.75 Å². The molecule has 1 heterocycles. The third-order valence-electron chi connectivity index (χ3n) is 4.85. The number of H-pyrrole nitrogens is 1. The minimum atomic E-state index is -0.203. The lowest BCUT2D eigenvalue weighted by molar-refractivity contribution is 0.414. The van der Waals surface area contributed by atoms with Gasteiger partial charge in [-0.05, 0) is 49.4 Å². The molecule has 156 valence electrons. The third kappa shape index (κ3) is 4.29. The zero-order valence-corrected chi connectivity index (χ0v) is 18.4.